The maximum Gasteiger partial charge on any atom is 0.338 e. The number of nitrogens with one attached hydrogen (secondary N) is 1. The Morgan fingerprint density at radius 2 is 1.75 bits per heavy atom. The van der Waals surface area contributed by atoms with E-state index in [4.69, 9.17) is 14.2 Å². The number of aromatic nitrogens is 1. The molecule has 1 aromatic heterocycles. The molecule has 0 bridgehead atoms. The van der Waals surface area contributed by atoms with Gasteiger partial charge in [0, 0.05) is 29.8 Å². The zero-order valence-electron chi connectivity index (χ0n) is 15.0. The molecule has 1 aliphatic heterocycles. The summed E-state index contributed by atoms with van der Waals surface area (Å²) in [5.74, 6) is 0.207. The van der Waals surface area contributed by atoms with Crippen molar-refractivity contribution in [3.63, 3.8) is 0 Å². The molecule has 1 N–H and O–H groups in total. The second-order valence-electron chi connectivity index (χ2n) is 6.12. The number of benzene rings is 2. The van der Waals surface area contributed by atoms with Gasteiger partial charge >= 0.3 is 5.97 Å². The third kappa shape index (κ3) is 3.98. The molecule has 3 aromatic rings. The van der Waals surface area contributed by atoms with Gasteiger partial charge in [0.2, 0.25) is 0 Å². The minimum atomic E-state index is -0.564. The third-order valence-electron chi connectivity index (χ3n) is 4.14. The molecule has 0 radical (unpaired) electrons. The number of amides is 1. The van der Waals surface area contributed by atoms with E-state index in [-0.39, 0.29) is 6.61 Å². The van der Waals surface area contributed by atoms with Crippen molar-refractivity contribution in [3.8, 4) is 17.2 Å². The first-order valence-corrected chi connectivity index (χ1v) is 8.79. The highest BCUT2D eigenvalue weighted by Crippen LogP contribution is 2.32. The second kappa shape index (κ2) is 7.87. The topological polar surface area (TPSA) is 78.8 Å². The second-order valence-corrected chi connectivity index (χ2v) is 6.12. The Kier molecular flexibility index (Phi) is 4.97. The first-order valence-electron chi connectivity index (χ1n) is 8.79. The van der Waals surface area contributed by atoms with Crippen LogP contribution in [0, 0.1) is 0 Å². The van der Waals surface area contributed by atoms with Crippen LogP contribution in [0.3, 0.4) is 0 Å². The van der Waals surface area contributed by atoms with Crippen LogP contribution in [-0.2, 0) is 9.53 Å². The summed E-state index contributed by atoms with van der Waals surface area (Å²) in [5, 5.41) is 2.68. The average Bonchev–Trinajstić information content (AvgIpc) is 3.27. The van der Waals surface area contributed by atoms with Crippen molar-refractivity contribution in [3.05, 3.63) is 72.6 Å². The fourth-order valence-electron chi connectivity index (χ4n) is 2.83. The summed E-state index contributed by atoms with van der Waals surface area (Å²) in [6.07, 6.45) is 3.76. The number of hydrogen-bond donors (Lipinski definition) is 1. The minimum absolute atomic E-state index is 0.373. The molecule has 28 heavy (non-hydrogen) atoms. The van der Waals surface area contributed by atoms with Crippen LogP contribution in [-0.4, -0.2) is 36.3 Å². The maximum absolute atomic E-state index is 12.3. The van der Waals surface area contributed by atoms with Crippen molar-refractivity contribution < 1.29 is 23.8 Å². The molecule has 4 rings (SSSR count). The van der Waals surface area contributed by atoms with E-state index in [0.29, 0.717) is 36.0 Å². The molecule has 142 valence electrons. The van der Waals surface area contributed by atoms with Gasteiger partial charge in [-0.25, -0.2) is 4.79 Å². The Bertz CT molecular complexity index is 998. The Morgan fingerprint density at radius 3 is 2.57 bits per heavy atom. The summed E-state index contributed by atoms with van der Waals surface area (Å²) < 4.78 is 17.9. The van der Waals surface area contributed by atoms with E-state index in [9.17, 15) is 9.59 Å². The molecular weight excluding hydrogens is 360 g/mol. The summed E-state index contributed by atoms with van der Waals surface area (Å²) >= 11 is 0. The van der Waals surface area contributed by atoms with Crippen LogP contribution in [0.5, 0.6) is 11.5 Å². The molecule has 0 atom stereocenters. The quantitative estimate of drug-likeness (QED) is 0.691. The first kappa shape index (κ1) is 17.7. The van der Waals surface area contributed by atoms with Crippen LogP contribution >= 0.6 is 0 Å². The minimum Gasteiger partial charge on any atom is -0.486 e. The van der Waals surface area contributed by atoms with E-state index in [1.807, 2.05) is 35.2 Å². The zero-order valence-corrected chi connectivity index (χ0v) is 15.0. The SMILES string of the molecule is O=C(COC(=O)c1cccc(-n2cccc2)c1)Nc1ccc2c(c1)OCCO2. The lowest BCUT2D eigenvalue weighted by atomic mass is 10.2. The number of hydrogen-bond acceptors (Lipinski definition) is 5. The first-order chi connectivity index (χ1) is 13.7. The lowest BCUT2D eigenvalue weighted by Crippen LogP contribution is -2.21. The molecule has 0 aliphatic carbocycles. The molecule has 1 aliphatic rings. The number of fused-ring (bicyclic) bond motifs is 1. The molecule has 0 spiro atoms. The molecule has 1 amide bonds. The number of ether oxygens (including phenoxy) is 3. The number of carbonyl (C=O) groups excluding carboxylic acids is 2. The van der Waals surface area contributed by atoms with Gasteiger partial charge in [0.15, 0.2) is 18.1 Å². The van der Waals surface area contributed by atoms with Crippen molar-refractivity contribution in [2.75, 3.05) is 25.1 Å². The molecule has 7 nitrogen and oxygen atoms in total. The summed E-state index contributed by atoms with van der Waals surface area (Å²) in [7, 11) is 0. The predicted molar refractivity (Wildman–Crippen MR) is 102 cm³/mol. The molecule has 0 unspecified atom stereocenters. The number of nitrogens with zero attached hydrogens (tertiary/aromatic N) is 1. The zero-order chi connectivity index (χ0) is 19.3. The Hall–Kier alpha value is -3.74. The molecule has 0 fully saturated rings. The highest BCUT2D eigenvalue weighted by Gasteiger charge is 2.14. The van der Waals surface area contributed by atoms with Gasteiger partial charge in [-0.2, -0.15) is 0 Å². The van der Waals surface area contributed by atoms with Crippen LogP contribution in [0.4, 0.5) is 5.69 Å². The third-order valence-corrected chi connectivity index (χ3v) is 4.14. The summed E-state index contributed by atoms with van der Waals surface area (Å²) in [4.78, 5) is 24.4. The molecule has 0 saturated carbocycles. The van der Waals surface area contributed by atoms with Gasteiger partial charge in [-0.1, -0.05) is 6.07 Å². The van der Waals surface area contributed by atoms with Gasteiger partial charge in [-0.15, -0.1) is 0 Å². The Balaban J connectivity index is 1.35. The average molecular weight is 378 g/mol. The number of carbonyl (C=O) groups is 2. The number of rotatable bonds is 5. The lowest BCUT2D eigenvalue weighted by molar-refractivity contribution is -0.119. The molecule has 7 heteroatoms. The van der Waals surface area contributed by atoms with E-state index in [0.717, 1.165) is 5.69 Å². The van der Waals surface area contributed by atoms with E-state index >= 15 is 0 Å². The van der Waals surface area contributed by atoms with E-state index in [1.165, 1.54) is 0 Å². The normalized spacial score (nSPS) is 12.3. The van der Waals surface area contributed by atoms with E-state index in [1.54, 1.807) is 36.4 Å². The highest BCUT2D eigenvalue weighted by molar-refractivity contribution is 5.95. The maximum atomic E-state index is 12.3. The van der Waals surface area contributed by atoms with Crippen molar-refractivity contribution in [2.24, 2.45) is 0 Å². The smallest absolute Gasteiger partial charge is 0.338 e. The largest absolute Gasteiger partial charge is 0.486 e. The summed E-state index contributed by atoms with van der Waals surface area (Å²) in [5.41, 5.74) is 1.75. The van der Waals surface area contributed by atoms with Crippen molar-refractivity contribution in [2.45, 2.75) is 0 Å². The van der Waals surface area contributed by atoms with Gasteiger partial charge in [0.05, 0.1) is 5.56 Å². The van der Waals surface area contributed by atoms with Crippen LogP contribution in [0.1, 0.15) is 10.4 Å². The lowest BCUT2D eigenvalue weighted by Gasteiger charge is -2.19. The fourth-order valence-corrected chi connectivity index (χ4v) is 2.83. The molecule has 2 aromatic carbocycles. The number of anilines is 1. The van der Waals surface area contributed by atoms with Gasteiger partial charge in [0.1, 0.15) is 13.2 Å². The van der Waals surface area contributed by atoms with E-state index in [2.05, 4.69) is 5.32 Å². The van der Waals surface area contributed by atoms with E-state index < -0.39 is 11.9 Å². The number of esters is 1. The van der Waals surface area contributed by atoms with Gasteiger partial charge in [0.25, 0.3) is 5.91 Å². The Labute approximate surface area is 161 Å². The standard InChI is InChI=1S/C21H18N2O5/c24-20(22-16-6-7-18-19(13-16)27-11-10-26-18)14-28-21(25)15-4-3-5-17(12-15)23-8-1-2-9-23/h1-9,12-13H,10-11,14H2,(H,22,24). The molecular formula is C21H18N2O5. The van der Waals surface area contributed by atoms with Crippen molar-refractivity contribution >= 4 is 17.6 Å². The predicted octanol–water partition coefficient (Wildman–Crippen LogP) is 3.04. The van der Waals surface area contributed by atoms with Crippen molar-refractivity contribution in [1.29, 1.82) is 0 Å². The van der Waals surface area contributed by atoms with Gasteiger partial charge < -0.3 is 24.1 Å². The van der Waals surface area contributed by atoms with Crippen LogP contribution in [0.15, 0.2) is 67.0 Å². The monoisotopic (exact) mass is 378 g/mol. The Morgan fingerprint density at radius 1 is 0.964 bits per heavy atom. The van der Waals surface area contributed by atoms with Crippen LogP contribution < -0.4 is 14.8 Å². The van der Waals surface area contributed by atoms with Crippen LogP contribution in [0.2, 0.25) is 0 Å². The van der Waals surface area contributed by atoms with Crippen molar-refractivity contribution in [1.82, 2.24) is 4.57 Å². The fraction of sp³-hybridized carbons (Fsp3) is 0.143. The van der Waals surface area contributed by atoms with Crippen LogP contribution in [0.25, 0.3) is 5.69 Å². The molecule has 2 heterocycles. The highest BCUT2D eigenvalue weighted by atomic mass is 16.6. The molecule has 0 saturated heterocycles. The summed E-state index contributed by atoms with van der Waals surface area (Å²) in [6.45, 7) is 0.575. The van der Waals surface area contributed by atoms with Gasteiger partial charge in [-0.05, 0) is 42.5 Å². The van der Waals surface area contributed by atoms with Gasteiger partial charge in [-0.3, -0.25) is 4.79 Å². The summed E-state index contributed by atoms with van der Waals surface area (Å²) in [6, 6.07) is 15.9.